The molecular formula is C23H31N5O3S. The molecule has 0 unspecified atom stereocenters. The number of anilines is 1. The molecular weight excluding hydrogens is 426 g/mol. The Morgan fingerprint density at radius 3 is 2.50 bits per heavy atom. The summed E-state index contributed by atoms with van der Waals surface area (Å²) in [6.45, 7) is -0.154. The summed E-state index contributed by atoms with van der Waals surface area (Å²) in [5.41, 5.74) is 8.88. The number of primary amides is 1. The van der Waals surface area contributed by atoms with E-state index in [1.807, 2.05) is 0 Å². The number of rotatable bonds is 6. The van der Waals surface area contributed by atoms with E-state index in [0.717, 1.165) is 25.0 Å². The van der Waals surface area contributed by atoms with E-state index >= 15 is 0 Å². The van der Waals surface area contributed by atoms with Gasteiger partial charge in [0.25, 0.3) is 5.91 Å². The Morgan fingerprint density at radius 1 is 1.06 bits per heavy atom. The quantitative estimate of drug-likeness (QED) is 0.440. The number of benzene rings is 1. The topological polar surface area (TPSA) is 119 Å². The van der Waals surface area contributed by atoms with Gasteiger partial charge in [-0.3, -0.25) is 10.1 Å². The Hall–Kier alpha value is -2.94. The molecule has 0 aliphatic heterocycles. The molecule has 0 atom stereocenters. The number of carbonyl (C=O) groups excluding carboxylic acids is 2. The van der Waals surface area contributed by atoms with Crippen molar-refractivity contribution in [2.45, 2.75) is 64.2 Å². The summed E-state index contributed by atoms with van der Waals surface area (Å²) in [6.07, 6.45) is 13.5. The maximum absolute atomic E-state index is 12.5. The van der Waals surface area contributed by atoms with Gasteiger partial charge in [0.1, 0.15) is 5.75 Å². The van der Waals surface area contributed by atoms with E-state index in [2.05, 4.69) is 15.8 Å². The molecule has 0 saturated heterocycles. The lowest BCUT2D eigenvalue weighted by Crippen LogP contribution is -2.24. The Labute approximate surface area is 192 Å². The standard InChI is InChI=1S/C23H31N5O3S/c24-22(30)28-25-15-17-11-9-10-13-19(17)31-16-21(29)27-23-26-18-12-7-5-3-1-2-4-6-8-14-20(18)32-23/h9-11,13,15H,1-8,12,14,16H2,(H3,24,28,30)(H,26,27,29)/b25-15+. The number of amides is 3. The van der Waals surface area contributed by atoms with E-state index in [-0.39, 0.29) is 12.5 Å². The number of ether oxygens (including phenoxy) is 1. The van der Waals surface area contributed by atoms with Crippen molar-refractivity contribution in [1.29, 1.82) is 0 Å². The molecule has 1 aromatic carbocycles. The number of hydrogen-bond acceptors (Lipinski definition) is 6. The van der Waals surface area contributed by atoms with Gasteiger partial charge in [0, 0.05) is 10.4 Å². The highest BCUT2D eigenvalue weighted by Gasteiger charge is 2.14. The molecule has 0 saturated carbocycles. The van der Waals surface area contributed by atoms with Crippen LogP contribution in [0.4, 0.5) is 9.93 Å². The second kappa shape index (κ2) is 12.8. The number of aryl methyl sites for hydroxylation is 2. The minimum Gasteiger partial charge on any atom is -0.483 e. The first kappa shape index (κ1) is 23.7. The van der Waals surface area contributed by atoms with Gasteiger partial charge in [-0.15, -0.1) is 11.3 Å². The fraction of sp³-hybridized carbons (Fsp3) is 0.478. The summed E-state index contributed by atoms with van der Waals surface area (Å²) < 4.78 is 5.66. The van der Waals surface area contributed by atoms with Gasteiger partial charge >= 0.3 is 6.03 Å². The van der Waals surface area contributed by atoms with Gasteiger partial charge in [0.15, 0.2) is 11.7 Å². The molecule has 1 aliphatic carbocycles. The van der Waals surface area contributed by atoms with Gasteiger partial charge in [-0.1, -0.05) is 50.7 Å². The number of hydrogen-bond donors (Lipinski definition) is 3. The third-order valence-electron chi connectivity index (χ3n) is 5.25. The van der Waals surface area contributed by atoms with Crippen LogP contribution < -0.4 is 21.2 Å². The monoisotopic (exact) mass is 457 g/mol. The van der Waals surface area contributed by atoms with Crippen LogP contribution in [0, 0.1) is 0 Å². The van der Waals surface area contributed by atoms with Crippen molar-refractivity contribution >= 4 is 34.6 Å². The van der Waals surface area contributed by atoms with Gasteiger partial charge in [0.2, 0.25) is 0 Å². The van der Waals surface area contributed by atoms with Crippen LogP contribution in [0.1, 0.15) is 67.5 Å². The molecule has 2 aromatic rings. The first-order valence-corrected chi connectivity index (χ1v) is 12.0. The SMILES string of the molecule is NC(=O)N/N=C/c1ccccc1OCC(=O)Nc1nc2c(s1)CCCCCCCCCC2. The van der Waals surface area contributed by atoms with Crippen LogP contribution in [-0.2, 0) is 17.6 Å². The van der Waals surface area contributed by atoms with Gasteiger partial charge in [-0.05, 0) is 37.8 Å². The zero-order chi connectivity index (χ0) is 22.6. The van der Waals surface area contributed by atoms with Crippen molar-refractivity contribution < 1.29 is 14.3 Å². The average Bonchev–Trinajstić information content (AvgIpc) is 3.13. The second-order valence-corrected chi connectivity index (χ2v) is 8.91. The number of para-hydroxylation sites is 1. The Kier molecular flexibility index (Phi) is 9.49. The van der Waals surface area contributed by atoms with Crippen molar-refractivity contribution in [3.05, 3.63) is 40.4 Å². The molecule has 8 nitrogen and oxygen atoms in total. The summed E-state index contributed by atoms with van der Waals surface area (Å²) in [6, 6.07) is 6.33. The molecule has 3 amide bonds. The normalized spacial score (nSPS) is 15.2. The summed E-state index contributed by atoms with van der Waals surface area (Å²) in [5.74, 6) is 0.209. The van der Waals surface area contributed by atoms with Crippen LogP contribution in [-0.4, -0.2) is 29.7 Å². The third-order valence-corrected chi connectivity index (χ3v) is 6.32. The van der Waals surface area contributed by atoms with Crippen molar-refractivity contribution in [1.82, 2.24) is 10.4 Å². The largest absolute Gasteiger partial charge is 0.483 e. The van der Waals surface area contributed by atoms with Crippen LogP contribution >= 0.6 is 11.3 Å². The van der Waals surface area contributed by atoms with Crippen LogP contribution in [0.2, 0.25) is 0 Å². The second-order valence-electron chi connectivity index (χ2n) is 7.83. The number of nitrogens with zero attached hydrogens (tertiary/aromatic N) is 2. The molecule has 1 heterocycles. The zero-order valence-electron chi connectivity index (χ0n) is 18.3. The Bertz CT molecular complexity index is 899. The number of hydrazone groups is 1. The van der Waals surface area contributed by atoms with E-state index in [0.29, 0.717) is 16.4 Å². The van der Waals surface area contributed by atoms with E-state index in [1.165, 1.54) is 56.0 Å². The highest BCUT2D eigenvalue weighted by Crippen LogP contribution is 2.27. The van der Waals surface area contributed by atoms with Crippen LogP contribution in [0.15, 0.2) is 29.4 Å². The Morgan fingerprint density at radius 2 is 1.75 bits per heavy atom. The number of nitrogens with one attached hydrogen (secondary N) is 2. The highest BCUT2D eigenvalue weighted by atomic mass is 32.1. The smallest absolute Gasteiger partial charge is 0.332 e. The zero-order valence-corrected chi connectivity index (χ0v) is 19.1. The number of carbonyl (C=O) groups is 2. The molecule has 32 heavy (non-hydrogen) atoms. The molecule has 3 rings (SSSR count). The maximum Gasteiger partial charge on any atom is 0.332 e. The minimum atomic E-state index is -0.756. The third kappa shape index (κ3) is 7.96. The fourth-order valence-electron chi connectivity index (χ4n) is 3.65. The first-order valence-electron chi connectivity index (χ1n) is 11.2. The number of nitrogens with two attached hydrogens (primary N) is 1. The van der Waals surface area contributed by atoms with E-state index in [9.17, 15) is 9.59 Å². The van der Waals surface area contributed by atoms with Crippen molar-refractivity contribution in [2.75, 3.05) is 11.9 Å². The lowest BCUT2D eigenvalue weighted by Gasteiger charge is -2.08. The predicted octanol–water partition coefficient (Wildman–Crippen LogP) is 4.38. The van der Waals surface area contributed by atoms with Crippen LogP contribution in [0.3, 0.4) is 0 Å². The number of fused-ring (bicyclic) bond motifs is 1. The first-order chi connectivity index (χ1) is 15.6. The molecule has 4 N–H and O–H groups in total. The molecule has 9 heteroatoms. The Balaban J connectivity index is 1.57. The minimum absolute atomic E-state index is 0.154. The summed E-state index contributed by atoms with van der Waals surface area (Å²) >= 11 is 1.58. The van der Waals surface area contributed by atoms with E-state index in [4.69, 9.17) is 15.5 Å². The van der Waals surface area contributed by atoms with Crippen LogP contribution in [0.5, 0.6) is 5.75 Å². The van der Waals surface area contributed by atoms with Gasteiger partial charge < -0.3 is 10.5 Å². The summed E-state index contributed by atoms with van der Waals surface area (Å²) in [7, 11) is 0. The van der Waals surface area contributed by atoms with Crippen molar-refractivity contribution in [3.63, 3.8) is 0 Å². The molecule has 0 spiro atoms. The van der Waals surface area contributed by atoms with Gasteiger partial charge in [0.05, 0.1) is 11.9 Å². The predicted molar refractivity (Wildman–Crippen MR) is 127 cm³/mol. The molecule has 0 fully saturated rings. The maximum atomic E-state index is 12.5. The molecule has 0 bridgehead atoms. The molecule has 1 aliphatic rings. The van der Waals surface area contributed by atoms with Crippen molar-refractivity contribution in [2.24, 2.45) is 10.8 Å². The number of aromatic nitrogens is 1. The lowest BCUT2D eigenvalue weighted by atomic mass is 10.0. The molecule has 0 radical (unpaired) electrons. The molecule has 1 aromatic heterocycles. The van der Waals surface area contributed by atoms with Gasteiger partial charge in [-0.25, -0.2) is 15.2 Å². The van der Waals surface area contributed by atoms with Gasteiger partial charge in [-0.2, -0.15) is 5.10 Å². The van der Waals surface area contributed by atoms with E-state index in [1.54, 1.807) is 35.6 Å². The van der Waals surface area contributed by atoms with Crippen LogP contribution in [0.25, 0.3) is 0 Å². The summed E-state index contributed by atoms with van der Waals surface area (Å²) in [4.78, 5) is 29.2. The fourth-order valence-corrected chi connectivity index (χ4v) is 4.71. The number of urea groups is 1. The molecule has 172 valence electrons. The van der Waals surface area contributed by atoms with E-state index < -0.39 is 6.03 Å². The van der Waals surface area contributed by atoms with Crippen molar-refractivity contribution in [3.8, 4) is 5.75 Å². The summed E-state index contributed by atoms with van der Waals surface area (Å²) in [5, 5.41) is 7.25. The average molecular weight is 458 g/mol. The lowest BCUT2D eigenvalue weighted by molar-refractivity contribution is -0.118. The number of thiazole rings is 1. The highest BCUT2D eigenvalue weighted by molar-refractivity contribution is 7.15.